The Morgan fingerprint density at radius 1 is 1.30 bits per heavy atom. The molecular weight excluding hydrogens is 354 g/mol. The smallest absolute Gasteiger partial charge is 0.284 e. The summed E-state index contributed by atoms with van der Waals surface area (Å²) in [5.74, 6) is -1.92. The Bertz CT molecular complexity index is 863. The summed E-state index contributed by atoms with van der Waals surface area (Å²) in [5, 5.41) is 0. The number of rotatable bonds is 6. The molecule has 0 aliphatic carbocycles. The quantitative estimate of drug-likeness (QED) is 0.785. The van der Waals surface area contributed by atoms with E-state index in [1.54, 1.807) is 6.07 Å². The Morgan fingerprint density at radius 2 is 2.07 bits per heavy atom. The number of amides is 1. The van der Waals surface area contributed by atoms with E-state index in [1.165, 1.54) is 0 Å². The van der Waals surface area contributed by atoms with Crippen molar-refractivity contribution >= 4 is 11.7 Å². The van der Waals surface area contributed by atoms with Gasteiger partial charge in [0, 0.05) is 31.0 Å². The summed E-state index contributed by atoms with van der Waals surface area (Å²) >= 11 is 0. The van der Waals surface area contributed by atoms with E-state index in [-0.39, 0.29) is 17.1 Å². The van der Waals surface area contributed by atoms with E-state index in [0.717, 1.165) is 36.7 Å². The number of nitrogens with zero attached hydrogens (tertiary/aromatic N) is 1. The van der Waals surface area contributed by atoms with Gasteiger partial charge >= 0.3 is 0 Å². The normalized spacial score (nSPS) is 17.8. The molecule has 0 saturated carbocycles. The molecule has 1 atom stereocenters. The van der Waals surface area contributed by atoms with Gasteiger partial charge in [-0.2, -0.15) is 0 Å². The van der Waals surface area contributed by atoms with Gasteiger partial charge in [-0.15, -0.1) is 0 Å². The molecule has 144 valence electrons. The van der Waals surface area contributed by atoms with Crippen molar-refractivity contribution in [2.75, 3.05) is 13.1 Å². The number of Topliss-reactive ketones (excluding diaryl/α,β-unsaturated/α-hetero) is 1. The van der Waals surface area contributed by atoms with Crippen LogP contribution < -0.4 is 5.73 Å². The van der Waals surface area contributed by atoms with Crippen LogP contribution in [0.1, 0.15) is 52.0 Å². The van der Waals surface area contributed by atoms with Gasteiger partial charge in [-0.25, -0.2) is 8.78 Å². The Morgan fingerprint density at radius 3 is 2.78 bits per heavy atom. The van der Waals surface area contributed by atoms with Gasteiger partial charge in [0.1, 0.15) is 17.4 Å². The Hall–Kier alpha value is -2.54. The lowest BCUT2D eigenvalue weighted by atomic mass is 9.89. The first-order valence-corrected chi connectivity index (χ1v) is 9.02. The predicted octanol–water partition coefficient (Wildman–Crippen LogP) is 3.31. The Kier molecular flexibility index (Phi) is 5.70. The van der Waals surface area contributed by atoms with Crippen LogP contribution in [0.15, 0.2) is 28.7 Å². The number of likely N-dealkylation sites (tertiary alicyclic amines) is 1. The third-order valence-corrected chi connectivity index (χ3v) is 4.92. The predicted molar refractivity (Wildman–Crippen MR) is 95.3 cm³/mol. The maximum Gasteiger partial charge on any atom is 0.284 e. The van der Waals surface area contributed by atoms with Crippen molar-refractivity contribution in [2.24, 2.45) is 11.7 Å². The zero-order chi connectivity index (χ0) is 19.6. The number of ketones is 1. The number of aryl methyl sites for hydroxylation is 1. The third-order valence-electron chi connectivity index (χ3n) is 4.92. The Balaban J connectivity index is 1.74. The van der Waals surface area contributed by atoms with Crippen LogP contribution in [-0.4, -0.2) is 29.7 Å². The number of carbonyl (C=O) groups excluding carboxylic acids is 2. The van der Waals surface area contributed by atoms with Crippen LogP contribution in [0, 0.1) is 17.6 Å². The highest BCUT2D eigenvalue weighted by Gasteiger charge is 2.29. The molecule has 2 heterocycles. The fourth-order valence-electron chi connectivity index (χ4n) is 3.58. The number of hydrogen-bond donors (Lipinski definition) is 1. The number of hydrogen-bond acceptors (Lipinski definition) is 4. The first-order chi connectivity index (χ1) is 12.9. The van der Waals surface area contributed by atoms with Gasteiger partial charge in [0.05, 0.1) is 5.56 Å². The monoisotopic (exact) mass is 376 g/mol. The summed E-state index contributed by atoms with van der Waals surface area (Å²) in [6.45, 7) is 3.64. The molecule has 1 aromatic heterocycles. The molecule has 1 saturated heterocycles. The second-order valence-corrected chi connectivity index (χ2v) is 6.84. The van der Waals surface area contributed by atoms with Crippen molar-refractivity contribution < 1.29 is 22.8 Å². The van der Waals surface area contributed by atoms with E-state index in [0.29, 0.717) is 31.7 Å². The summed E-state index contributed by atoms with van der Waals surface area (Å²) < 4.78 is 32.8. The number of carbonyl (C=O) groups is 2. The molecule has 7 heteroatoms. The van der Waals surface area contributed by atoms with Crippen LogP contribution in [0.3, 0.4) is 0 Å². The second kappa shape index (κ2) is 8.00. The molecule has 3 rings (SSSR count). The SMILES string of the molecule is CCc1oc(C(N)=O)cc1CN1CCC[C@H](C(=O)c2cc(F)ccc2F)C1. The number of furan rings is 1. The zero-order valence-corrected chi connectivity index (χ0v) is 15.1. The topological polar surface area (TPSA) is 76.5 Å². The highest BCUT2D eigenvalue weighted by Crippen LogP contribution is 2.26. The molecule has 1 fully saturated rings. The third kappa shape index (κ3) is 4.24. The van der Waals surface area contributed by atoms with E-state index in [4.69, 9.17) is 10.2 Å². The standard InChI is InChI=1S/C20H22F2N2O3/c1-2-17-13(8-18(27-17)20(23)26)11-24-7-3-4-12(10-24)19(25)15-9-14(21)5-6-16(15)22/h5-6,8-9,12H,2-4,7,10-11H2,1H3,(H2,23,26)/t12-/m0/s1. The van der Waals surface area contributed by atoms with Crippen molar-refractivity contribution in [3.63, 3.8) is 0 Å². The number of halogens is 2. The highest BCUT2D eigenvalue weighted by molar-refractivity contribution is 5.98. The van der Waals surface area contributed by atoms with Gasteiger partial charge in [0.15, 0.2) is 11.5 Å². The van der Waals surface area contributed by atoms with Crippen molar-refractivity contribution in [1.82, 2.24) is 4.90 Å². The minimum Gasteiger partial charge on any atom is -0.456 e. The molecule has 5 nitrogen and oxygen atoms in total. The van der Waals surface area contributed by atoms with Gasteiger partial charge in [0.2, 0.25) is 0 Å². The molecule has 1 aromatic carbocycles. The van der Waals surface area contributed by atoms with Crippen LogP contribution in [0.5, 0.6) is 0 Å². The van der Waals surface area contributed by atoms with Crippen molar-refractivity contribution in [1.29, 1.82) is 0 Å². The lowest BCUT2D eigenvalue weighted by Gasteiger charge is -2.32. The minimum absolute atomic E-state index is 0.119. The molecule has 0 radical (unpaired) electrons. The molecule has 0 unspecified atom stereocenters. The molecule has 1 amide bonds. The summed E-state index contributed by atoms with van der Waals surface area (Å²) in [7, 11) is 0. The zero-order valence-electron chi connectivity index (χ0n) is 15.1. The Labute approximate surface area is 156 Å². The average Bonchev–Trinajstić information content (AvgIpc) is 3.06. The van der Waals surface area contributed by atoms with E-state index in [1.807, 2.05) is 6.92 Å². The summed E-state index contributed by atoms with van der Waals surface area (Å²) in [6, 6.07) is 4.58. The maximum atomic E-state index is 13.9. The first kappa shape index (κ1) is 19.2. The summed E-state index contributed by atoms with van der Waals surface area (Å²) in [6.07, 6.45) is 2.02. The molecule has 1 aliphatic rings. The molecule has 2 aromatic rings. The van der Waals surface area contributed by atoms with E-state index < -0.39 is 23.5 Å². The van der Waals surface area contributed by atoms with Crippen molar-refractivity contribution in [3.8, 4) is 0 Å². The summed E-state index contributed by atoms with van der Waals surface area (Å²) in [5.41, 5.74) is 5.94. The lowest BCUT2D eigenvalue weighted by molar-refractivity contribution is 0.0806. The van der Waals surface area contributed by atoms with Gasteiger partial charge in [-0.3, -0.25) is 14.5 Å². The number of benzene rings is 1. The number of primary amides is 1. The average molecular weight is 376 g/mol. The van der Waals surface area contributed by atoms with Gasteiger partial charge in [0.25, 0.3) is 5.91 Å². The molecule has 27 heavy (non-hydrogen) atoms. The fraction of sp³-hybridized carbons (Fsp3) is 0.400. The van der Waals surface area contributed by atoms with E-state index in [2.05, 4.69) is 4.90 Å². The van der Waals surface area contributed by atoms with Crippen molar-refractivity contribution in [2.45, 2.75) is 32.7 Å². The molecule has 0 bridgehead atoms. The minimum atomic E-state index is -0.701. The lowest BCUT2D eigenvalue weighted by Crippen LogP contribution is -2.38. The van der Waals surface area contributed by atoms with Crippen LogP contribution in [0.4, 0.5) is 8.78 Å². The van der Waals surface area contributed by atoms with Gasteiger partial charge in [-0.1, -0.05) is 6.92 Å². The van der Waals surface area contributed by atoms with Crippen LogP contribution >= 0.6 is 0 Å². The molecule has 0 spiro atoms. The van der Waals surface area contributed by atoms with E-state index >= 15 is 0 Å². The number of nitrogens with two attached hydrogens (primary N) is 1. The van der Waals surface area contributed by atoms with Crippen molar-refractivity contribution in [3.05, 3.63) is 58.5 Å². The largest absolute Gasteiger partial charge is 0.456 e. The number of piperidine rings is 1. The van der Waals surface area contributed by atoms with Crippen LogP contribution in [-0.2, 0) is 13.0 Å². The molecule has 2 N–H and O–H groups in total. The van der Waals surface area contributed by atoms with Gasteiger partial charge < -0.3 is 10.2 Å². The first-order valence-electron chi connectivity index (χ1n) is 9.02. The fourth-order valence-corrected chi connectivity index (χ4v) is 3.58. The van der Waals surface area contributed by atoms with Gasteiger partial charge in [-0.05, 0) is 43.7 Å². The van der Waals surface area contributed by atoms with E-state index in [9.17, 15) is 18.4 Å². The molecular formula is C20H22F2N2O3. The van der Waals surface area contributed by atoms with Crippen LogP contribution in [0.25, 0.3) is 0 Å². The second-order valence-electron chi connectivity index (χ2n) is 6.84. The highest BCUT2D eigenvalue weighted by atomic mass is 19.1. The summed E-state index contributed by atoms with van der Waals surface area (Å²) in [4.78, 5) is 26.1. The maximum absolute atomic E-state index is 13.9. The molecule has 1 aliphatic heterocycles. The van der Waals surface area contributed by atoms with Crippen LogP contribution in [0.2, 0.25) is 0 Å².